The van der Waals surface area contributed by atoms with Crippen LogP contribution in [0.1, 0.15) is 13.3 Å². The van der Waals surface area contributed by atoms with Crippen molar-refractivity contribution in [2.45, 2.75) is 13.3 Å². The standard InChI is InChI=1S/C6H5F.C4H6/c7-6-4-2-1-3-5-6;1-3-4-2/h1-5H;1H,4H2,2H3. The van der Waals surface area contributed by atoms with E-state index in [2.05, 4.69) is 5.92 Å². The van der Waals surface area contributed by atoms with E-state index in [9.17, 15) is 4.39 Å². The van der Waals surface area contributed by atoms with Gasteiger partial charge in [0.05, 0.1) is 0 Å². The van der Waals surface area contributed by atoms with Gasteiger partial charge in [-0.2, -0.15) is 0 Å². The zero-order valence-electron chi connectivity index (χ0n) is 6.55. The molecule has 0 aliphatic carbocycles. The summed E-state index contributed by atoms with van der Waals surface area (Å²) in [7, 11) is 0. The number of hydrogen-bond donors (Lipinski definition) is 0. The maximum Gasteiger partial charge on any atom is 0.123 e. The van der Waals surface area contributed by atoms with Crippen LogP contribution >= 0.6 is 0 Å². The van der Waals surface area contributed by atoms with Gasteiger partial charge in [0, 0.05) is 6.42 Å². The highest BCUT2D eigenvalue weighted by Crippen LogP contribution is 1.91. The van der Waals surface area contributed by atoms with E-state index in [1.165, 1.54) is 12.1 Å². The topological polar surface area (TPSA) is 0 Å². The summed E-state index contributed by atoms with van der Waals surface area (Å²) >= 11 is 0. The molecule has 0 unspecified atom stereocenters. The predicted octanol–water partition coefficient (Wildman–Crippen LogP) is 2.86. The Hall–Kier alpha value is -1.29. The summed E-state index contributed by atoms with van der Waals surface area (Å²) in [5, 5.41) is 0. The molecular weight excluding hydrogens is 139 g/mol. The SMILES string of the molecule is C#CCC.Fc1ccccc1. The minimum absolute atomic E-state index is 0.178. The second-order valence-electron chi connectivity index (χ2n) is 1.85. The summed E-state index contributed by atoms with van der Waals surface area (Å²) < 4.78 is 11.9. The van der Waals surface area contributed by atoms with Crippen LogP contribution in [0.25, 0.3) is 0 Å². The zero-order valence-corrected chi connectivity index (χ0v) is 6.55. The Balaban J connectivity index is 0.000000218. The molecule has 1 aromatic rings. The van der Waals surface area contributed by atoms with Crippen LogP contribution in [0.15, 0.2) is 30.3 Å². The Morgan fingerprint density at radius 1 is 1.36 bits per heavy atom. The van der Waals surface area contributed by atoms with E-state index in [1.807, 2.05) is 6.92 Å². The highest BCUT2D eigenvalue weighted by molar-refractivity contribution is 5.02. The maximum absolute atomic E-state index is 11.9. The third kappa shape index (κ3) is 6.60. The Morgan fingerprint density at radius 3 is 2.00 bits per heavy atom. The second kappa shape index (κ2) is 6.82. The summed E-state index contributed by atoms with van der Waals surface area (Å²) in [6.45, 7) is 1.94. The molecule has 0 atom stereocenters. The Kier molecular flexibility index (Phi) is 6.02. The van der Waals surface area contributed by atoms with E-state index < -0.39 is 0 Å². The lowest BCUT2D eigenvalue weighted by Crippen LogP contribution is -1.63. The zero-order chi connectivity index (χ0) is 8.53. The fraction of sp³-hybridized carbons (Fsp3) is 0.200. The van der Waals surface area contributed by atoms with Crippen molar-refractivity contribution in [2.75, 3.05) is 0 Å². The van der Waals surface area contributed by atoms with Gasteiger partial charge >= 0.3 is 0 Å². The highest BCUT2D eigenvalue weighted by atomic mass is 19.1. The van der Waals surface area contributed by atoms with E-state index in [0.717, 1.165) is 6.42 Å². The van der Waals surface area contributed by atoms with Gasteiger partial charge in [0.1, 0.15) is 5.82 Å². The average Bonchev–Trinajstić information content (AvgIpc) is 2.07. The van der Waals surface area contributed by atoms with Crippen LogP contribution in [-0.2, 0) is 0 Å². The van der Waals surface area contributed by atoms with Gasteiger partial charge in [-0.25, -0.2) is 4.39 Å². The molecule has 1 heteroatoms. The van der Waals surface area contributed by atoms with E-state index in [4.69, 9.17) is 6.42 Å². The molecule has 58 valence electrons. The van der Waals surface area contributed by atoms with Crippen molar-refractivity contribution in [2.24, 2.45) is 0 Å². The molecule has 0 aromatic heterocycles. The summed E-state index contributed by atoms with van der Waals surface area (Å²) in [6, 6.07) is 7.94. The lowest BCUT2D eigenvalue weighted by atomic mass is 10.4. The number of hydrogen-bond acceptors (Lipinski definition) is 0. The van der Waals surface area contributed by atoms with Gasteiger partial charge in [-0.15, -0.1) is 12.3 Å². The number of rotatable bonds is 0. The van der Waals surface area contributed by atoms with Crippen molar-refractivity contribution >= 4 is 0 Å². The molecule has 0 saturated heterocycles. The van der Waals surface area contributed by atoms with Crippen molar-refractivity contribution in [3.63, 3.8) is 0 Å². The third-order valence-corrected chi connectivity index (χ3v) is 0.937. The molecule has 0 aliphatic heterocycles. The molecule has 0 aliphatic rings. The fourth-order valence-electron chi connectivity index (χ4n) is 0.415. The number of benzene rings is 1. The lowest BCUT2D eigenvalue weighted by Gasteiger charge is -1.78. The molecule has 1 aromatic carbocycles. The highest BCUT2D eigenvalue weighted by Gasteiger charge is 1.77. The monoisotopic (exact) mass is 150 g/mol. The van der Waals surface area contributed by atoms with Crippen LogP contribution in [0.2, 0.25) is 0 Å². The first-order valence-corrected chi connectivity index (χ1v) is 3.45. The largest absolute Gasteiger partial charge is 0.207 e. The molecule has 0 radical (unpaired) electrons. The van der Waals surface area contributed by atoms with E-state index in [1.54, 1.807) is 18.2 Å². The van der Waals surface area contributed by atoms with Gasteiger partial charge in [-0.05, 0) is 12.1 Å². The van der Waals surface area contributed by atoms with Gasteiger partial charge in [0.25, 0.3) is 0 Å². The molecule has 0 saturated carbocycles. The van der Waals surface area contributed by atoms with Gasteiger partial charge in [-0.3, -0.25) is 0 Å². The van der Waals surface area contributed by atoms with Crippen LogP contribution < -0.4 is 0 Å². The number of halogens is 1. The summed E-state index contributed by atoms with van der Waals surface area (Å²) in [4.78, 5) is 0. The molecule has 0 N–H and O–H groups in total. The first-order chi connectivity index (χ1) is 5.31. The normalized spacial score (nSPS) is 7.36. The molecule has 0 bridgehead atoms. The summed E-state index contributed by atoms with van der Waals surface area (Å²) in [5.41, 5.74) is 0. The van der Waals surface area contributed by atoms with Crippen molar-refractivity contribution in [3.8, 4) is 12.3 Å². The fourth-order valence-corrected chi connectivity index (χ4v) is 0.415. The quantitative estimate of drug-likeness (QED) is 0.499. The van der Waals surface area contributed by atoms with Crippen molar-refractivity contribution < 1.29 is 4.39 Å². The van der Waals surface area contributed by atoms with E-state index in [0.29, 0.717) is 0 Å². The van der Waals surface area contributed by atoms with Crippen molar-refractivity contribution in [3.05, 3.63) is 36.1 Å². The molecular formula is C10H11F. The van der Waals surface area contributed by atoms with Gasteiger partial charge in [0.15, 0.2) is 0 Å². The molecule has 0 spiro atoms. The molecule has 0 amide bonds. The van der Waals surface area contributed by atoms with E-state index in [-0.39, 0.29) is 5.82 Å². The minimum atomic E-state index is -0.178. The molecule has 0 heterocycles. The minimum Gasteiger partial charge on any atom is -0.207 e. The Bertz CT molecular complexity index is 208. The van der Waals surface area contributed by atoms with Crippen LogP contribution in [0.3, 0.4) is 0 Å². The lowest BCUT2D eigenvalue weighted by molar-refractivity contribution is 0.628. The van der Waals surface area contributed by atoms with Crippen LogP contribution in [0, 0.1) is 18.2 Å². The Morgan fingerprint density at radius 2 is 1.82 bits per heavy atom. The van der Waals surface area contributed by atoms with E-state index >= 15 is 0 Å². The number of terminal acetylenes is 1. The third-order valence-electron chi connectivity index (χ3n) is 0.937. The summed E-state index contributed by atoms with van der Waals surface area (Å²) in [5.74, 6) is 2.25. The van der Waals surface area contributed by atoms with Crippen LogP contribution in [0.5, 0.6) is 0 Å². The van der Waals surface area contributed by atoms with Crippen molar-refractivity contribution in [1.29, 1.82) is 0 Å². The van der Waals surface area contributed by atoms with Gasteiger partial charge < -0.3 is 0 Å². The maximum atomic E-state index is 11.9. The summed E-state index contributed by atoms with van der Waals surface area (Å²) in [6.07, 6.45) is 5.62. The predicted molar refractivity (Wildman–Crippen MR) is 45.5 cm³/mol. The van der Waals surface area contributed by atoms with Gasteiger partial charge in [-0.1, -0.05) is 25.1 Å². The Labute approximate surface area is 67.1 Å². The molecule has 0 nitrogen and oxygen atoms in total. The first-order valence-electron chi connectivity index (χ1n) is 3.45. The average molecular weight is 150 g/mol. The molecule has 0 fully saturated rings. The second-order valence-corrected chi connectivity index (χ2v) is 1.85. The molecule has 11 heavy (non-hydrogen) atoms. The molecule has 1 rings (SSSR count). The van der Waals surface area contributed by atoms with Crippen LogP contribution in [-0.4, -0.2) is 0 Å². The van der Waals surface area contributed by atoms with Gasteiger partial charge in [0.2, 0.25) is 0 Å². The van der Waals surface area contributed by atoms with Crippen LogP contribution in [0.4, 0.5) is 4.39 Å². The van der Waals surface area contributed by atoms with Crippen molar-refractivity contribution in [1.82, 2.24) is 0 Å². The first kappa shape index (κ1) is 9.71. The smallest absolute Gasteiger partial charge is 0.123 e.